The molecule has 218 valence electrons. The molecule has 2 aliphatic heterocycles. The highest BCUT2D eigenvalue weighted by molar-refractivity contribution is 8.00. The van der Waals surface area contributed by atoms with Crippen LogP contribution < -0.4 is 11.1 Å². The average Bonchev–Trinajstić information content (AvgIpc) is 3.54. The van der Waals surface area contributed by atoms with Gasteiger partial charge in [0.25, 0.3) is 11.8 Å². The number of hydrogen-bond acceptors (Lipinski definition) is 14. The number of ether oxygens (including phenoxy) is 2. The number of nitrogens with two attached hydrogens (primary N) is 1. The summed E-state index contributed by atoms with van der Waals surface area (Å²) in [7, 11) is 1.28. The number of aromatic nitrogens is 2. The second-order valence-corrected chi connectivity index (χ2v) is 12.7. The molecule has 0 spiro atoms. The number of nitrogens with zero attached hydrogens (tertiary/aromatic N) is 4. The minimum Gasteiger partial charge on any atom is -0.427 e. The SMILES string of the molecule is CO/N=C(\C(=O)N[C@@H]1C(=O)N2C(C(=O)OCOC(=O)C(C)(C)C)=C(/C=C/c3scnc3C)CS[C@@H]12)c1csc(N)n1. The molecule has 1 fully saturated rings. The number of carbonyl (C=O) groups excluding carboxylic acids is 4. The quantitative estimate of drug-likeness (QED) is 0.138. The van der Waals surface area contributed by atoms with E-state index in [1.54, 1.807) is 37.7 Å². The van der Waals surface area contributed by atoms with Crippen molar-refractivity contribution in [2.45, 2.75) is 39.1 Å². The van der Waals surface area contributed by atoms with Gasteiger partial charge in [0.2, 0.25) is 6.79 Å². The molecule has 16 heteroatoms. The van der Waals surface area contributed by atoms with Crippen molar-refractivity contribution in [3.05, 3.63) is 44.5 Å². The predicted molar refractivity (Wildman–Crippen MR) is 155 cm³/mol. The molecule has 0 bridgehead atoms. The minimum atomic E-state index is -0.957. The van der Waals surface area contributed by atoms with E-state index in [0.717, 1.165) is 21.9 Å². The Morgan fingerprint density at radius 2 is 2.00 bits per heavy atom. The van der Waals surface area contributed by atoms with Crippen LogP contribution in [0.3, 0.4) is 0 Å². The first kappa shape index (κ1) is 30.2. The molecule has 0 aromatic carbocycles. The van der Waals surface area contributed by atoms with Gasteiger partial charge in [-0.2, -0.15) is 0 Å². The fourth-order valence-corrected chi connectivity index (χ4v) is 6.29. The molecule has 1 saturated heterocycles. The largest absolute Gasteiger partial charge is 0.427 e. The highest BCUT2D eigenvalue weighted by atomic mass is 32.2. The average molecular weight is 621 g/mol. The van der Waals surface area contributed by atoms with Crippen molar-refractivity contribution in [2.75, 3.05) is 25.4 Å². The first-order chi connectivity index (χ1) is 19.4. The molecule has 3 N–H and O–H groups in total. The summed E-state index contributed by atoms with van der Waals surface area (Å²) in [5.41, 5.74) is 8.03. The number of carbonyl (C=O) groups is 4. The number of fused-ring (bicyclic) bond motifs is 1. The lowest BCUT2D eigenvalue weighted by Gasteiger charge is -2.49. The van der Waals surface area contributed by atoms with Crippen molar-refractivity contribution < 1.29 is 33.5 Å². The lowest BCUT2D eigenvalue weighted by Crippen LogP contribution is -2.71. The van der Waals surface area contributed by atoms with Gasteiger partial charge in [0.15, 0.2) is 10.8 Å². The maximum Gasteiger partial charge on any atom is 0.358 e. The van der Waals surface area contributed by atoms with E-state index in [4.69, 9.17) is 20.0 Å². The van der Waals surface area contributed by atoms with Crippen LogP contribution in [-0.2, 0) is 33.5 Å². The summed E-state index contributed by atoms with van der Waals surface area (Å²) >= 11 is 3.92. The summed E-state index contributed by atoms with van der Waals surface area (Å²) in [4.78, 5) is 67.0. The molecule has 2 atom stereocenters. The van der Waals surface area contributed by atoms with Gasteiger partial charge in [0.1, 0.15) is 29.9 Å². The van der Waals surface area contributed by atoms with E-state index in [1.807, 2.05) is 13.0 Å². The second kappa shape index (κ2) is 12.4. The van der Waals surface area contributed by atoms with Gasteiger partial charge in [-0.3, -0.25) is 19.3 Å². The van der Waals surface area contributed by atoms with Crippen molar-refractivity contribution in [1.29, 1.82) is 0 Å². The van der Waals surface area contributed by atoms with Crippen LogP contribution >= 0.6 is 34.4 Å². The van der Waals surface area contributed by atoms with Crippen molar-refractivity contribution >= 4 is 75.1 Å². The van der Waals surface area contributed by atoms with Gasteiger partial charge in [-0.15, -0.1) is 34.4 Å². The fourth-order valence-electron chi connectivity index (χ4n) is 3.73. The summed E-state index contributed by atoms with van der Waals surface area (Å²) in [5.74, 6) is -2.26. The van der Waals surface area contributed by atoms with E-state index in [0.29, 0.717) is 11.3 Å². The molecule has 0 aliphatic carbocycles. The van der Waals surface area contributed by atoms with Crippen LogP contribution in [0.25, 0.3) is 6.08 Å². The highest BCUT2D eigenvalue weighted by Gasteiger charge is 2.54. The lowest BCUT2D eigenvalue weighted by molar-refractivity contribution is -0.173. The normalized spacial score (nSPS) is 19.1. The summed E-state index contributed by atoms with van der Waals surface area (Å²) in [5, 5.41) is 7.59. The molecule has 13 nitrogen and oxygen atoms in total. The number of hydrogen-bond donors (Lipinski definition) is 2. The third-order valence-corrected chi connectivity index (χ3v) is 8.72. The van der Waals surface area contributed by atoms with Crippen molar-refractivity contribution in [1.82, 2.24) is 20.2 Å². The van der Waals surface area contributed by atoms with Gasteiger partial charge in [-0.1, -0.05) is 11.2 Å². The molecule has 2 aliphatic rings. The van der Waals surface area contributed by atoms with E-state index in [9.17, 15) is 19.2 Å². The maximum absolute atomic E-state index is 13.3. The van der Waals surface area contributed by atoms with Gasteiger partial charge in [-0.05, 0) is 39.3 Å². The summed E-state index contributed by atoms with van der Waals surface area (Å²) in [6.07, 6.45) is 3.55. The second-order valence-electron chi connectivity index (χ2n) is 9.80. The summed E-state index contributed by atoms with van der Waals surface area (Å²) in [6.45, 7) is 6.27. The monoisotopic (exact) mass is 620 g/mol. The molecule has 0 radical (unpaired) electrons. The number of nitrogen functional groups attached to an aromatic ring is 1. The zero-order valence-corrected chi connectivity index (χ0v) is 25.3. The zero-order valence-electron chi connectivity index (χ0n) is 22.8. The molecular weight excluding hydrogens is 593 g/mol. The molecule has 4 rings (SSSR count). The van der Waals surface area contributed by atoms with Gasteiger partial charge in [0, 0.05) is 16.0 Å². The number of allylic oxidation sites excluding steroid dienone is 1. The molecule has 2 aromatic rings. The number of esters is 2. The van der Waals surface area contributed by atoms with E-state index < -0.39 is 47.4 Å². The number of anilines is 1. The molecule has 4 heterocycles. The Balaban J connectivity index is 1.55. The van der Waals surface area contributed by atoms with Crippen LogP contribution in [0.4, 0.5) is 5.13 Å². The first-order valence-corrected chi connectivity index (χ1v) is 15.0. The molecule has 0 saturated carbocycles. The first-order valence-electron chi connectivity index (χ1n) is 12.2. The van der Waals surface area contributed by atoms with E-state index in [2.05, 4.69) is 20.4 Å². The molecule has 2 aromatic heterocycles. The van der Waals surface area contributed by atoms with Crippen LogP contribution in [0, 0.1) is 12.3 Å². The smallest absolute Gasteiger partial charge is 0.358 e. The number of oxime groups is 1. The Labute approximate surface area is 247 Å². The third-order valence-electron chi connectivity index (χ3n) is 5.85. The number of thioether (sulfide) groups is 1. The number of amides is 2. The van der Waals surface area contributed by atoms with E-state index >= 15 is 0 Å². The van der Waals surface area contributed by atoms with Crippen molar-refractivity contribution in [2.24, 2.45) is 10.6 Å². The number of rotatable bonds is 9. The lowest BCUT2D eigenvalue weighted by atomic mass is 9.98. The predicted octanol–water partition coefficient (Wildman–Crippen LogP) is 2.30. The Morgan fingerprint density at radius 3 is 2.61 bits per heavy atom. The van der Waals surface area contributed by atoms with Crippen LogP contribution in [-0.4, -0.2) is 75.4 Å². The minimum absolute atomic E-state index is 0.00697. The maximum atomic E-state index is 13.3. The standard InChI is InChI=1S/C25H28N6O7S3/c1-12-15(41-10-27-12)7-6-13-8-39-21-17(29-19(32)16(30-36-5)14-9-40-24(26)28-14)20(33)31(21)18(13)22(34)37-11-38-23(35)25(2,3)4/h6-7,9-10,17,21H,8,11H2,1-5H3,(H2,26,28)(H,29,32)/b7-6+,30-16-/t17-,21+/m1/s1. The van der Waals surface area contributed by atoms with E-state index in [1.165, 1.54) is 35.1 Å². The van der Waals surface area contributed by atoms with Gasteiger partial charge < -0.3 is 25.4 Å². The summed E-state index contributed by atoms with van der Waals surface area (Å²) < 4.78 is 10.3. The van der Waals surface area contributed by atoms with Gasteiger partial charge >= 0.3 is 11.9 Å². The topological polar surface area (TPSA) is 175 Å². The third kappa shape index (κ3) is 6.60. The van der Waals surface area contributed by atoms with Crippen LogP contribution in [0.2, 0.25) is 0 Å². The Bertz CT molecular complexity index is 1460. The van der Waals surface area contributed by atoms with Crippen molar-refractivity contribution in [3.8, 4) is 0 Å². The van der Waals surface area contributed by atoms with Crippen LogP contribution in [0.5, 0.6) is 0 Å². The van der Waals surface area contributed by atoms with Crippen LogP contribution in [0.1, 0.15) is 37.0 Å². The van der Waals surface area contributed by atoms with Crippen LogP contribution in [0.15, 0.2) is 33.4 Å². The fraction of sp³-hybridized carbons (Fsp3) is 0.400. The number of β-lactam (4-membered cyclic amide) rings is 1. The molecule has 2 amide bonds. The van der Waals surface area contributed by atoms with Gasteiger partial charge in [-0.25, -0.2) is 14.8 Å². The van der Waals surface area contributed by atoms with E-state index in [-0.39, 0.29) is 22.2 Å². The van der Waals surface area contributed by atoms with Gasteiger partial charge in [0.05, 0.1) is 16.6 Å². The van der Waals surface area contributed by atoms with Crippen molar-refractivity contribution in [3.63, 3.8) is 0 Å². The Morgan fingerprint density at radius 1 is 1.24 bits per heavy atom. The Kier molecular flexibility index (Phi) is 9.14. The zero-order chi connectivity index (χ0) is 29.9. The highest BCUT2D eigenvalue weighted by Crippen LogP contribution is 2.41. The number of aryl methyl sites for hydroxylation is 1. The molecule has 0 unspecified atom stereocenters. The molecule has 41 heavy (non-hydrogen) atoms. The number of thiazole rings is 2. The summed E-state index contributed by atoms with van der Waals surface area (Å²) in [6, 6.07) is -0.957. The Hall–Kier alpha value is -3.76. The molecular formula is C25H28N6O7S3. The number of nitrogens with one attached hydrogen (secondary N) is 1.